The van der Waals surface area contributed by atoms with E-state index in [-0.39, 0.29) is 22.5 Å². The molecule has 9 heteroatoms. The second-order valence-electron chi connectivity index (χ2n) is 3.56. The first-order valence-electron chi connectivity index (χ1n) is 5.08. The maximum Gasteiger partial charge on any atom is 0.311 e. The molecule has 0 spiro atoms. The maximum atomic E-state index is 12.1. The molecule has 0 aliphatic rings. The van der Waals surface area contributed by atoms with E-state index in [1.54, 1.807) is 0 Å². The van der Waals surface area contributed by atoms with Crippen molar-refractivity contribution in [1.29, 1.82) is 0 Å². The lowest BCUT2D eigenvalue weighted by Gasteiger charge is -2.07. The SMILES string of the molecule is Nc1ncnc2cc(OCC(F)F)c([N+](=O)[O-])cc12. The predicted octanol–water partition coefficient (Wildman–Crippen LogP) is 1.76. The quantitative estimate of drug-likeness (QED) is 0.670. The molecule has 2 aromatic rings. The summed E-state index contributed by atoms with van der Waals surface area (Å²) in [5.41, 5.74) is 5.38. The summed E-state index contributed by atoms with van der Waals surface area (Å²) in [6, 6.07) is 2.29. The smallest absolute Gasteiger partial charge is 0.311 e. The number of rotatable bonds is 4. The average Bonchev–Trinajstić information content (AvgIpc) is 2.35. The van der Waals surface area contributed by atoms with Crippen LogP contribution in [0, 0.1) is 10.1 Å². The zero-order chi connectivity index (χ0) is 14.0. The minimum absolute atomic E-state index is 0.0634. The molecule has 1 heterocycles. The second kappa shape index (κ2) is 4.96. The first kappa shape index (κ1) is 12.9. The molecule has 0 aliphatic heterocycles. The molecule has 100 valence electrons. The van der Waals surface area contributed by atoms with E-state index in [4.69, 9.17) is 10.5 Å². The van der Waals surface area contributed by atoms with Crippen LogP contribution in [-0.4, -0.2) is 27.9 Å². The third kappa shape index (κ3) is 2.64. The zero-order valence-corrected chi connectivity index (χ0v) is 9.42. The number of benzene rings is 1. The van der Waals surface area contributed by atoms with Gasteiger partial charge in [-0.3, -0.25) is 10.1 Å². The van der Waals surface area contributed by atoms with Crippen LogP contribution in [0.3, 0.4) is 0 Å². The second-order valence-corrected chi connectivity index (χ2v) is 3.56. The van der Waals surface area contributed by atoms with Gasteiger partial charge in [-0.05, 0) is 0 Å². The minimum atomic E-state index is -2.73. The molecule has 7 nitrogen and oxygen atoms in total. The number of alkyl halides is 2. The third-order valence-corrected chi connectivity index (χ3v) is 2.31. The summed E-state index contributed by atoms with van der Waals surface area (Å²) in [6.07, 6.45) is -1.56. The number of ether oxygens (including phenoxy) is 1. The summed E-state index contributed by atoms with van der Waals surface area (Å²) >= 11 is 0. The van der Waals surface area contributed by atoms with Crippen molar-refractivity contribution in [3.8, 4) is 5.75 Å². The highest BCUT2D eigenvalue weighted by Gasteiger charge is 2.19. The van der Waals surface area contributed by atoms with Crippen LogP contribution in [0.5, 0.6) is 5.75 Å². The first-order valence-corrected chi connectivity index (χ1v) is 5.08. The minimum Gasteiger partial charge on any atom is -0.481 e. The Hall–Kier alpha value is -2.58. The van der Waals surface area contributed by atoms with Gasteiger partial charge < -0.3 is 10.5 Å². The summed E-state index contributed by atoms with van der Waals surface area (Å²) in [5, 5.41) is 11.1. The van der Waals surface area contributed by atoms with Gasteiger partial charge in [0.1, 0.15) is 18.8 Å². The van der Waals surface area contributed by atoms with Crippen LogP contribution in [0.4, 0.5) is 20.3 Å². The van der Waals surface area contributed by atoms with Crippen molar-refractivity contribution in [2.75, 3.05) is 12.3 Å². The number of aromatic nitrogens is 2. The Balaban J connectivity index is 2.54. The fourth-order valence-electron chi connectivity index (χ4n) is 1.50. The van der Waals surface area contributed by atoms with Gasteiger partial charge in [0, 0.05) is 17.5 Å². The van der Waals surface area contributed by atoms with Crippen molar-refractivity contribution in [3.63, 3.8) is 0 Å². The Morgan fingerprint density at radius 3 is 2.79 bits per heavy atom. The molecule has 1 aromatic carbocycles. The predicted molar refractivity (Wildman–Crippen MR) is 62.1 cm³/mol. The number of halogens is 2. The molecule has 0 aliphatic carbocycles. The number of nitro groups is 1. The maximum absolute atomic E-state index is 12.1. The molecule has 2 N–H and O–H groups in total. The Bertz CT molecular complexity index is 635. The van der Waals surface area contributed by atoms with Crippen molar-refractivity contribution < 1.29 is 18.4 Å². The molecule has 0 unspecified atom stereocenters. The molecular weight excluding hydrogens is 262 g/mol. The Morgan fingerprint density at radius 1 is 1.42 bits per heavy atom. The van der Waals surface area contributed by atoms with Crippen molar-refractivity contribution >= 4 is 22.4 Å². The van der Waals surface area contributed by atoms with Crippen LogP contribution in [0.15, 0.2) is 18.5 Å². The molecular formula is C10H8F2N4O3. The van der Waals surface area contributed by atoms with Gasteiger partial charge in [-0.15, -0.1) is 0 Å². The molecule has 0 fully saturated rings. The van der Waals surface area contributed by atoms with Crippen LogP contribution in [0.25, 0.3) is 10.9 Å². The fraction of sp³-hybridized carbons (Fsp3) is 0.200. The van der Waals surface area contributed by atoms with E-state index in [1.807, 2.05) is 0 Å². The summed E-state index contributed by atoms with van der Waals surface area (Å²) < 4.78 is 28.9. The number of fused-ring (bicyclic) bond motifs is 1. The highest BCUT2D eigenvalue weighted by atomic mass is 19.3. The van der Waals surface area contributed by atoms with Gasteiger partial charge >= 0.3 is 5.69 Å². The van der Waals surface area contributed by atoms with Gasteiger partial charge in [0.15, 0.2) is 5.75 Å². The summed E-state index contributed by atoms with van der Waals surface area (Å²) in [6.45, 7) is -0.938. The molecule has 0 atom stereocenters. The molecule has 2 rings (SSSR count). The van der Waals surface area contributed by atoms with Gasteiger partial charge in [0.05, 0.1) is 10.4 Å². The lowest BCUT2D eigenvalue weighted by molar-refractivity contribution is -0.385. The molecule has 19 heavy (non-hydrogen) atoms. The normalized spacial score (nSPS) is 10.9. The van der Waals surface area contributed by atoms with E-state index in [2.05, 4.69) is 9.97 Å². The fourth-order valence-corrected chi connectivity index (χ4v) is 1.50. The lowest BCUT2D eigenvalue weighted by atomic mass is 10.2. The van der Waals surface area contributed by atoms with Crippen LogP contribution in [0.1, 0.15) is 0 Å². The Labute approximate surface area is 105 Å². The van der Waals surface area contributed by atoms with Crippen LogP contribution < -0.4 is 10.5 Å². The number of hydrogen-bond acceptors (Lipinski definition) is 6. The molecule has 1 aromatic heterocycles. The summed E-state index contributed by atoms with van der Waals surface area (Å²) in [4.78, 5) is 17.7. The van der Waals surface area contributed by atoms with Crippen LogP contribution in [0.2, 0.25) is 0 Å². The van der Waals surface area contributed by atoms with Gasteiger partial charge in [-0.1, -0.05) is 0 Å². The zero-order valence-electron chi connectivity index (χ0n) is 9.42. The van der Waals surface area contributed by atoms with Gasteiger partial charge in [-0.2, -0.15) is 0 Å². The van der Waals surface area contributed by atoms with Gasteiger partial charge in [0.25, 0.3) is 6.43 Å². The molecule has 0 bridgehead atoms. The van der Waals surface area contributed by atoms with E-state index in [9.17, 15) is 18.9 Å². The van der Waals surface area contributed by atoms with Gasteiger partial charge in [-0.25, -0.2) is 18.7 Å². The number of hydrogen-bond donors (Lipinski definition) is 1. The summed E-state index contributed by atoms with van der Waals surface area (Å²) in [5.74, 6) is -0.218. The highest BCUT2D eigenvalue weighted by Crippen LogP contribution is 2.33. The summed E-state index contributed by atoms with van der Waals surface area (Å²) in [7, 11) is 0. The first-order chi connectivity index (χ1) is 8.99. The third-order valence-electron chi connectivity index (χ3n) is 2.31. The molecule has 0 radical (unpaired) electrons. The van der Waals surface area contributed by atoms with Crippen molar-refractivity contribution in [3.05, 3.63) is 28.6 Å². The molecule has 0 saturated carbocycles. The lowest BCUT2D eigenvalue weighted by Crippen LogP contribution is -2.08. The Kier molecular flexibility index (Phi) is 3.36. The number of anilines is 1. The van der Waals surface area contributed by atoms with E-state index < -0.39 is 23.6 Å². The monoisotopic (exact) mass is 270 g/mol. The van der Waals surface area contributed by atoms with Crippen molar-refractivity contribution in [1.82, 2.24) is 9.97 Å². The van der Waals surface area contributed by atoms with E-state index >= 15 is 0 Å². The number of nitrogen functional groups attached to an aromatic ring is 1. The molecule has 0 saturated heterocycles. The Morgan fingerprint density at radius 2 is 2.16 bits per heavy atom. The molecule has 0 amide bonds. The topological polar surface area (TPSA) is 104 Å². The number of nitrogens with zero attached hydrogens (tertiary/aromatic N) is 3. The number of nitrogens with two attached hydrogens (primary N) is 1. The highest BCUT2D eigenvalue weighted by molar-refractivity contribution is 5.91. The van der Waals surface area contributed by atoms with E-state index in [0.29, 0.717) is 0 Å². The van der Waals surface area contributed by atoms with Crippen LogP contribution >= 0.6 is 0 Å². The van der Waals surface area contributed by atoms with Gasteiger partial charge in [0.2, 0.25) is 0 Å². The van der Waals surface area contributed by atoms with Crippen LogP contribution in [-0.2, 0) is 0 Å². The van der Waals surface area contributed by atoms with Crippen molar-refractivity contribution in [2.24, 2.45) is 0 Å². The largest absolute Gasteiger partial charge is 0.481 e. The average molecular weight is 270 g/mol. The van der Waals surface area contributed by atoms with Crippen molar-refractivity contribution in [2.45, 2.75) is 6.43 Å². The van der Waals surface area contributed by atoms with E-state index in [0.717, 1.165) is 6.07 Å². The van der Waals surface area contributed by atoms with E-state index in [1.165, 1.54) is 12.4 Å². The standard InChI is InChI=1S/C10H8F2N4O3/c11-9(12)3-19-8-2-6-5(1-7(8)16(17)18)10(13)15-4-14-6/h1-2,4,9H,3H2,(H2,13,14,15). The number of nitro benzene ring substituents is 1.